The molecular formula is C11H14O2. The molecule has 2 heteroatoms. The standard InChI is InChI=1S/C11H14O2/c1-8-5-6-10(4-3-7-12)11(13)9(8)2/h3-6,12-13H,7H2,1-2H3/b4-3-. The maximum Gasteiger partial charge on any atom is 0.125 e. The third-order valence-corrected chi connectivity index (χ3v) is 2.14. The van der Waals surface area contributed by atoms with E-state index in [0.717, 1.165) is 16.7 Å². The van der Waals surface area contributed by atoms with Crippen LogP contribution in [0.25, 0.3) is 6.08 Å². The van der Waals surface area contributed by atoms with Gasteiger partial charge in [0.15, 0.2) is 0 Å². The summed E-state index contributed by atoms with van der Waals surface area (Å²) in [7, 11) is 0. The molecule has 0 heterocycles. The summed E-state index contributed by atoms with van der Waals surface area (Å²) in [6.45, 7) is 3.82. The average molecular weight is 178 g/mol. The van der Waals surface area contributed by atoms with E-state index >= 15 is 0 Å². The highest BCUT2D eigenvalue weighted by Gasteiger charge is 2.02. The molecule has 1 rings (SSSR count). The van der Waals surface area contributed by atoms with Gasteiger partial charge in [-0.05, 0) is 25.0 Å². The normalized spacial score (nSPS) is 11.0. The minimum Gasteiger partial charge on any atom is -0.507 e. The Kier molecular flexibility index (Phi) is 3.09. The van der Waals surface area contributed by atoms with Crippen LogP contribution in [0.15, 0.2) is 18.2 Å². The summed E-state index contributed by atoms with van der Waals surface area (Å²) in [5.74, 6) is 0.296. The first-order chi connectivity index (χ1) is 6.16. The van der Waals surface area contributed by atoms with Crippen LogP contribution in [0.3, 0.4) is 0 Å². The first-order valence-electron chi connectivity index (χ1n) is 4.23. The molecule has 0 aliphatic heterocycles. The summed E-state index contributed by atoms with van der Waals surface area (Å²) < 4.78 is 0. The Balaban J connectivity index is 3.11. The molecule has 0 spiro atoms. The first kappa shape index (κ1) is 9.81. The van der Waals surface area contributed by atoms with Crippen molar-refractivity contribution in [3.8, 4) is 5.75 Å². The third-order valence-electron chi connectivity index (χ3n) is 2.14. The Morgan fingerprint density at radius 2 is 2.00 bits per heavy atom. The lowest BCUT2D eigenvalue weighted by Crippen LogP contribution is -1.85. The molecule has 0 bridgehead atoms. The highest BCUT2D eigenvalue weighted by atomic mass is 16.3. The summed E-state index contributed by atoms with van der Waals surface area (Å²) >= 11 is 0. The lowest BCUT2D eigenvalue weighted by Gasteiger charge is -2.05. The zero-order valence-corrected chi connectivity index (χ0v) is 7.91. The molecule has 0 atom stereocenters. The molecule has 1 aromatic rings. The second-order valence-electron chi connectivity index (χ2n) is 3.03. The number of aliphatic hydroxyl groups excluding tert-OH is 1. The van der Waals surface area contributed by atoms with Gasteiger partial charge in [0, 0.05) is 5.56 Å². The van der Waals surface area contributed by atoms with Crippen LogP contribution in [0, 0.1) is 13.8 Å². The molecule has 1 aromatic carbocycles. The fourth-order valence-electron chi connectivity index (χ4n) is 1.14. The quantitative estimate of drug-likeness (QED) is 0.727. The van der Waals surface area contributed by atoms with Crippen molar-refractivity contribution in [2.45, 2.75) is 13.8 Å². The molecule has 0 radical (unpaired) electrons. The highest BCUT2D eigenvalue weighted by molar-refractivity contribution is 5.60. The molecule has 0 amide bonds. The van der Waals surface area contributed by atoms with Gasteiger partial charge in [-0.2, -0.15) is 0 Å². The topological polar surface area (TPSA) is 40.5 Å². The van der Waals surface area contributed by atoms with E-state index in [1.54, 1.807) is 12.2 Å². The maximum atomic E-state index is 9.67. The van der Waals surface area contributed by atoms with E-state index in [1.807, 2.05) is 26.0 Å². The van der Waals surface area contributed by atoms with Gasteiger partial charge in [0.2, 0.25) is 0 Å². The van der Waals surface area contributed by atoms with Crippen molar-refractivity contribution in [1.82, 2.24) is 0 Å². The van der Waals surface area contributed by atoms with E-state index < -0.39 is 0 Å². The van der Waals surface area contributed by atoms with Crippen molar-refractivity contribution >= 4 is 6.08 Å². The molecular weight excluding hydrogens is 164 g/mol. The number of aliphatic hydroxyl groups is 1. The van der Waals surface area contributed by atoms with Gasteiger partial charge in [-0.25, -0.2) is 0 Å². The molecule has 0 saturated carbocycles. The minimum absolute atomic E-state index is 0.00758. The van der Waals surface area contributed by atoms with Gasteiger partial charge >= 0.3 is 0 Å². The zero-order valence-electron chi connectivity index (χ0n) is 7.91. The summed E-state index contributed by atoms with van der Waals surface area (Å²) in [6, 6.07) is 3.79. The van der Waals surface area contributed by atoms with E-state index in [1.165, 1.54) is 0 Å². The Morgan fingerprint density at radius 3 is 2.62 bits per heavy atom. The summed E-state index contributed by atoms with van der Waals surface area (Å²) in [5.41, 5.74) is 2.70. The summed E-state index contributed by atoms with van der Waals surface area (Å²) in [5, 5.41) is 18.2. The summed E-state index contributed by atoms with van der Waals surface area (Å²) in [6.07, 6.45) is 3.31. The number of hydrogen-bond donors (Lipinski definition) is 2. The first-order valence-corrected chi connectivity index (χ1v) is 4.23. The van der Waals surface area contributed by atoms with Crippen molar-refractivity contribution in [2.75, 3.05) is 6.61 Å². The Morgan fingerprint density at radius 1 is 1.31 bits per heavy atom. The van der Waals surface area contributed by atoms with Crippen molar-refractivity contribution in [3.63, 3.8) is 0 Å². The zero-order chi connectivity index (χ0) is 9.84. The van der Waals surface area contributed by atoms with Crippen molar-refractivity contribution < 1.29 is 10.2 Å². The average Bonchev–Trinajstić information content (AvgIpc) is 2.13. The maximum absolute atomic E-state index is 9.67. The highest BCUT2D eigenvalue weighted by Crippen LogP contribution is 2.25. The fraction of sp³-hybridized carbons (Fsp3) is 0.273. The number of aromatic hydroxyl groups is 1. The molecule has 13 heavy (non-hydrogen) atoms. The Hall–Kier alpha value is -1.28. The van der Waals surface area contributed by atoms with Gasteiger partial charge in [0.05, 0.1) is 6.61 Å². The molecule has 0 aromatic heterocycles. The Bertz CT molecular complexity index is 327. The van der Waals surface area contributed by atoms with Crippen molar-refractivity contribution in [1.29, 1.82) is 0 Å². The molecule has 0 fully saturated rings. The number of rotatable bonds is 2. The third kappa shape index (κ3) is 2.10. The van der Waals surface area contributed by atoms with Crippen LogP contribution in [0.1, 0.15) is 16.7 Å². The van der Waals surface area contributed by atoms with Gasteiger partial charge < -0.3 is 10.2 Å². The van der Waals surface area contributed by atoms with Crippen LogP contribution in [-0.4, -0.2) is 16.8 Å². The van der Waals surface area contributed by atoms with Gasteiger partial charge in [-0.1, -0.05) is 24.3 Å². The predicted molar refractivity (Wildman–Crippen MR) is 53.7 cm³/mol. The van der Waals surface area contributed by atoms with Crippen LogP contribution in [-0.2, 0) is 0 Å². The monoisotopic (exact) mass is 178 g/mol. The van der Waals surface area contributed by atoms with E-state index in [9.17, 15) is 5.11 Å². The molecule has 0 saturated heterocycles. The number of benzene rings is 1. The van der Waals surface area contributed by atoms with E-state index in [0.29, 0.717) is 5.75 Å². The molecule has 2 N–H and O–H groups in total. The molecule has 2 nitrogen and oxygen atoms in total. The molecule has 70 valence electrons. The SMILES string of the molecule is Cc1ccc(/C=C\CO)c(O)c1C. The number of hydrogen-bond acceptors (Lipinski definition) is 2. The van der Waals surface area contributed by atoms with Crippen LogP contribution < -0.4 is 0 Å². The number of aryl methyl sites for hydroxylation is 1. The van der Waals surface area contributed by atoms with Gasteiger partial charge in [0.25, 0.3) is 0 Å². The Labute approximate surface area is 78.2 Å². The van der Waals surface area contributed by atoms with Crippen molar-refractivity contribution in [3.05, 3.63) is 34.9 Å². The van der Waals surface area contributed by atoms with Gasteiger partial charge in [-0.15, -0.1) is 0 Å². The second kappa shape index (κ2) is 4.10. The molecule has 0 unspecified atom stereocenters. The minimum atomic E-state index is -0.00758. The van der Waals surface area contributed by atoms with Crippen LogP contribution >= 0.6 is 0 Å². The summed E-state index contributed by atoms with van der Waals surface area (Å²) in [4.78, 5) is 0. The largest absolute Gasteiger partial charge is 0.507 e. The second-order valence-corrected chi connectivity index (χ2v) is 3.03. The van der Waals surface area contributed by atoms with Crippen LogP contribution in [0.2, 0.25) is 0 Å². The van der Waals surface area contributed by atoms with Gasteiger partial charge in [0.1, 0.15) is 5.75 Å². The fourth-order valence-corrected chi connectivity index (χ4v) is 1.14. The lowest BCUT2D eigenvalue weighted by atomic mass is 10.0. The van der Waals surface area contributed by atoms with E-state index in [4.69, 9.17) is 5.11 Å². The van der Waals surface area contributed by atoms with Crippen molar-refractivity contribution in [2.24, 2.45) is 0 Å². The lowest BCUT2D eigenvalue weighted by molar-refractivity contribution is 0.343. The number of phenolic OH excluding ortho intramolecular Hbond substituents is 1. The number of phenols is 1. The van der Waals surface area contributed by atoms with Crippen LogP contribution in [0.5, 0.6) is 5.75 Å². The molecule has 0 aliphatic rings. The van der Waals surface area contributed by atoms with Gasteiger partial charge in [-0.3, -0.25) is 0 Å². The molecule has 0 aliphatic carbocycles. The smallest absolute Gasteiger partial charge is 0.125 e. The van der Waals surface area contributed by atoms with Crippen LogP contribution in [0.4, 0.5) is 0 Å². The van der Waals surface area contributed by atoms with E-state index in [2.05, 4.69) is 0 Å². The van der Waals surface area contributed by atoms with E-state index in [-0.39, 0.29) is 6.61 Å². The predicted octanol–water partition coefficient (Wildman–Crippen LogP) is 2.01.